The Balaban J connectivity index is 1.53. The number of benzene rings is 1. The fraction of sp³-hybridized carbons (Fsp3) is 0.429. The van der Waals surface area contributed by atoms with E-state index < -0.39 is 0 Å². The van der Waals surface area contributed by atoms with Crippen LogP contribution in [0.2, 0.25) is 0 Å². The number of fused-ring (bicyclic) bond motifs is 1. The Morgan fingerprint density at radius 3 is 2.78 bits per heavy atom. The molecule has 96 valence electrons. The monoisotopic (exact) mass is 264 g/mol. The molecule has 0 amide bonds. The molecule has 0 spiro atoms. The summed E-state index contributed by atoms with van der Waals surface area (Å²) in [5, 5.41) is 0. The van der Waals surface area contributed by atoms with Crippen LogP contribution in [0.1, 0.15) is 5.56 Å². The van der Waals surface area contributed by atoms with E-state index in [4.69, 9.17) is 14.0 Å². The molecule has 1 saturated heterocycles. The zero-order chi connectivity index (χ0) is 12.5. The van der Waals surface area contributed by atoms with Gasteiger partial charge >= 0.3 is 0 Å². The molecular weight excluding hydrogens is 247 g/mol. The van der Waals surface area contributed by atoms with E-state index in [0.717, 1.165) is 5.57 Å². The van der Waals surface area contributed by atoms with Crippen molar-refractivity contribution < 1.29 is 14.0 Å². The third-order valence-electron chi connectivity index (χ3n) is 3.65. The van der Waals surface area contributed by atoms with Gasteiger partial charge in [-0.3, -0.25) is 0 Å². The summed E-state index contributed by atoms with van der Waals surface area (Å²) in [6.07, 6.45) is 0.462. The van der Waals surface area contributed by atoms with Crippen molar-refractivity contribution in [3.05, 3.63) is 48.0 Å². The summed E-state index contributed by atoms with van der Waals surface area (Å²) in [6.45, 7) is 5.36. The van der Waals surface area contributed by atoms with Gasteiger partial charge in [-0.1, -0.05) is 36.9 Å². The average Bonchev–Trinajstić information content (AvgIpc) is 3.14. The third kappa shape index (κ3) is 2.24. The van der Waals surface area contributed by atoms with E-state index in [9.17, 15) is 0 Å². The Bertz CT molecular complexity index is 434. The van der Waals surface area contributed by atoms with Crippen molar-refractivity contribution in [1.82, 2.24) is 0 Å². The molecule has 3 rings (SSSR count). The Labute approximate surface area is 109 Å². The predicted molar refractivity (Wildman–Crippen MR) is 72.0 cm³/mol. The normalized spacial score (nSPS) is 33.5. The van der Waals surface area contributed by atoms with Crippen LogP contribution in [-0.4, -0.2) is 24.9 Å². The van der Waals surface area contributed by atoms with Gasteiger partial charge in [-0.05, 0) is 11.1 Å². The Morgan fingerprint density at radius 2 is 2.06 bits per heavy atom. The van der Waals surface area contributed by atoms with Crippen molar-refractivity contribution in [2.45, 2.75) is 24.9 Å². The first-order valence-corrected chi connectivity index (χ1v) is 6.59. The predicted octanol–water partition coefficient (Wildman–Crippen LogP) is 2.33. The quantitative estimate of drug-likeness (QED) is 0.464. The molecule has 0 aromatic heterocycles. The highest BCUT2D eigenvalue weighted by Crippen LogP contribution is 2.48. The molecule has 4 heteroatoms. The SMILES string of the molecule is C=C1C(COCc2ccccc2)C(OP)C2OC12. The summed E-state index contributed by atoms with van der Waals surface area (Å²) in [5.74, 6) is 0.245. The number of hydrogen-bond acceptors (Lipinski definition) is 3. The zero-order valence-electron chi connectivity index (χ0n) is 10.1. The lowest BCUT2D eigenvalue weighted by Gasteiger charge is -2.21. The molecule has 5 unspecified atom stereocenters. The van der Waals surface area contributed by atoms with E-state index in [0.29, 0.717) is 13.2 Å². The van der Waals surface area contributed by atoms with Crippen molar-refractivity contribution in [1.29, 1.82) is 0 Å². The van der Waals surface area contributed by atoms with Crippen LogP contribution < -0.4 is 0 Å². The van der Waals surface area contributed by atoms with Gasteiger partial charge in [0.2, 0.25) is 0 Å². The minimum absolute atomic E-state index is 0.0725. The highest BCUT2D eigenvalue weighted by molar-refractivity contribution is 7.09. The molecule has 2 aliphatic rings. The molecule has 1 heterocycles. The van der Waals surface area contributed by atoms with Crippen molar-refractivity contribution in [2.75, 3.05) is 6.61 Å². The fourth-order valence-corrected chi connectivity index (χ4v) is 2.92. The smallest absolute Gasteiger partial charge is 0.116 e. The summed E-state index contributed by atoms with van der Waals surface area (Å²) < 4.78 is 16.6. The zero-order valence-corrected chi connectivity index (χ0v) is 11.3. The number of rotatable bonds is 5. The van der Waals surface area contributed by atoms with Crippen molar-refractivity contribution in [2.24, 2.45) is 5.92 Å². The van der Waals surface area contributed by atoms with E-state index in [1.54, 1.807) is 0 Å². The number of ether oxygens (including phenoxy) is 2. The maximum Gasteiger partial charge on any atom is 0.116 e. The van der Waals surface area contributed by atoms with Crippen LogP contribution in [0.25, 0.3) is 0 Å². The first-order chi connectivity index (χ1) is 8.81. The van der Waals surface area contributed by atoms with Crippen LogP contribution in [0.3, 0.4) is 0 Å². The summed E-state index contributed by atoms with van der Waals surface area (Å²) >= 11 is 0. The Kier molecular flexibility index (Phi) is 3.49. The highest BCUT2D eigenvalue weighted by atomic mass is 31.0. The molecule has 1 saturated carbocycles. The standard InChI is InChI=1S/C14H17O3P/c1-9-11(13(17-18)14-12(9)16-14)8-15-7-10-5-3-2-4-6-10/h2-6,11-14H,1,7-8,18H2. The molecule has 1 aliphatic heterocycles. The first kappa shape index (κ1) is 12.3. The van der Waals surface area contributed by atoms with Crippen LogP contribution in [0.5, 0.6) is 0 Å². The maximum atomic E-state index is 5.77. The summed E-state index contributed by atoms with van der Waals surface area (Å²) in [4.78, 5) is 0. The van der Waals surface area contributed by atoms with E-state index in [1.807, 2.05) is 18.2 Å². The van der Waals surface area contributed by atoms with Crippen molar-refractivity contribution in [3.8, 4) is 0 Å². The van der Waals surface area contributed by atoms with Crippen LogP contribution in [0.15, 0.2) is 42.5 Å². The molecule has 2 fully saturated rings. The summed E-state index contributed by atoms with van der Waals surface area (Å²) in [5.41, 5.74) is 2.30. The lowest BCUT2D eigenvalue weighted by molar-refractivity contribution is 0.0418. The van der Waals surface area contributed by atoms with Crippen LogP contribution in [0, 0.1) is 5.92 Å². The van der Waals surface area contributed by atoms with E-state index in [2.05, 4.69) is 28.2 Å². The van der Waals surface area contributed by atoms with Crippen LogP contribution in [0.4, 0.5) is 0 Å². The van der Waals surface area contributed by atoms with E-state index in [1.165, 1.54) is 5.56 Å². The maximum absolute atomic E-state index is 5.77. The molecule has 0 bridgehead atoms. The van der Waals surface area contributed by atoms with Gasteiger partial charge in [0.25, 0.3) is 0 Å². The van der Waals surface area contributed by atoms with Crippen LogP contribution in [-0.2, 0) is 20.6 Å². The molecule has 1 aromatic rings. The van der Waals surface area contributed by atoms with E-state index in [-0.39, 0.29) is 24.2 Å². The van der Waals surface area contributed by atoms with Gasteiger partial charge in [0, 0.05) is 15.4 Å². The molecule has 0 radical (unpaired) electrons. The van der Waals surface area contributed by atoms with Gasteiger partial charge in [-0.2, -0.15) is 0 Å². The van der Waals surface area contributed by atoms with Gasteiger partial charge in [-0.25, -0.2) is 0 Å². The minimum Gasteiger partial charge on any atom is -0.376 e. The van der Waals surface area contributed by atoms with Crippen LogP contribution >= 0.6 is 9.47 Å². The Morgan fingerprint density at radius 1 is 1.28 bits per heavy atom. The summed E-state index contributed by atoms with van der Waals surface area (Å²) in [6, 6.07) is 10.2. The van der Waals surface area contributed by atoms with Gasteiger partial charge in [-0.15, -0.1) is 0 Å². The van der Waals surface area contributed by atoms with Crippen molar-refractivity contribution >= 4 is 9.47 Å². The van der Waals surface area contributed by atoms with Gasteiger partial charge in [0.15, 0.2) is 0 Å². The van der Waals surface area contributed by atoms with Crippen molar-refractivity contribution in [3.63, 3.8) is 0 Å². The number of epoxide rings is 1. The van der Waals surface area contributed by atoms with Gasteiger partial charge < -0.3 is 14.0 Å². The largest absolute Gasteiger partial charge is 0.376 e. The second-order valence-corrected chi connectivity index (χ2v) is 5.08. The molecule has 1 aromatic carbocycles. The second kappa shape index (κ2) is 5.10. The lowest BCUT2D eigenvalue weighted by Crippen LogP contribution is -2.26. The second-order valence-electron chi connectivity index (χ2n) is 4.80. The first-order valence-electron chi connectivity index (χ1n) is 6.12. The molecule has 0 N–H and O–H groups in total. The lowest BCUT2D eigenvalue weighted by atomic mass is 10.0. The molecule has 1 aliphatic carbocycles. The Hall–Kier alpha value is -0.730. The topological polar surface area (TPSA) is 31.0 Å². The minimum atomic E-state index is 0.0725. The molecule has 18 heavy (non-hydrogen) atoms. The fourth-order valence-electron chi connectivity index (χ4n) is 2.58. The van der Waals surface area contributed by atoms with E-state index >= 15 is 0 Å². The highest BCUT2D eigenvalue weighted by Gasteiger charge is 2.58. The molecular formula is C14H17O3P. The summed E-state index contributed by atoms with van der Waals surface area (Å²) in [7, 11) is 2.33. The van der Waals surface area contributed by atoms with Gasteiger partial charge in [0.05, 0.1) is 19.3 Å². The third-order valence-corrected chi connectivity index (χ3v) is 3.97. The van der Waals surface area contributed by atoms with Gasteiger partial charge in [0.1, 0.15) is 12.2 Å². The molecule has 3 nitrogen and oxygen atoms in total. The average molecular weight is 264 g/mol. The molecule has 5 atom stereocenters. The number of hydrogen-bond donors (Lipinski definition) is 0.